The molecule has 0 radical (unpaired) electrons. The van der Waals surface area contributed by atoms with Crippen molar-refractivity contribution in [2.45, 2.75) is 24.0 Å². The smallest absolute Gasteiger partial charge is 0.243 e. The number of sulfonamides is 1. The molecule has 0 amide bonds. The van der Waals surface area contributed by atoms with Gasteiger partial charge in [-0.05, 0) is 48.9 Å². The Bertz CT molecular complexity index is 821. The molecule has 2 aromatic carbocycles. The van der Waals surface area contributed by atoms with E-state index in [-0.39, 0.29) is 29.9 Å². The lowest BCUT2D eigenvalue weighted by Crippen LogP contribution is -2.45. The first kappa shape index (κ1) is 17.8. The topological polar surface area (TPSA) is 55.8 Å². The second kappa shape index (κ2) is 7.11. The average Bonchev–Trinajstić information content (AvgIpc) is 2.62. The van der Waals surface area contributed by atoms with E-state index in [2.05, 4.69) is 0 Å². The van der Waals surface area contributed by atoms with Gasteiger partial charge in [-0.3, -0.25) is 0 Å². The van der Waals surface area contributed by atoms with Crippen LogP contribution in [0, 0.1) is 5.82 Å². The molecular formula is C18H20FNO4S. The van der Waals surface area contributed by atoms with Crippen LogP contribution in [0.4, 0.5) is 4.39 Å². The zero-order valence-corrected chi connectivity index (χ0v) is 14.9. The van der Waals surface area contributed by atoms with E-state index in [1.54, 1.807) is 24.3 Å². The van der Waals surface area contributed by atoms with Crippen LogP contribution in [0.2, 0.25) is 0 Å². The number of nitrogens with zero attached hydrogens (tertiary/aromatic N) is 1. The van der Waals surface area contributed by atoms with Gasteiger partial charge in [-0.1, -0.05) is 12.1 Å². The molecule has 2 aromatic rings. The fourth-order valence-electron chi connectivity index (χ4n) is 2.87. The third kappa shape index (κ3) is 3.84. The van der Waals surface area contributed by atoms with Crippen LogP contribution in [0.1, 0.15) is 18.6 Å². The van der Waals surface area contributed by atoms with Gasteiger partial charge >= 0.3 is 0 Å². The summed E-state index contributed by atoms with van der Waals surface area (Å²) in [4.78, 5) is 0.209. The number of hydrogen-bond acceptors (Lipinski definition) is 4. The van der Waals surface area contributed by atoms with Crippen LogP contribution in [0.5, 0.6) is 5.75 Å². The number of morpholine rings is 1. The number of rotatable bonds is 4. The maximum absolute atomic E-state index is 13.1. The van der Waals surface area contributed by atoms with Crippen molar-refractivity contribution >= 4 is 10.0 Å². The van der Waals surface area contributed by atoms with Crippen LogP contribution in [-0.2, 0) is 14.8 Å². The molecule has 3 rings (SSSR count). The monoisotopic (exact) mass is 365 g/mol. The first-order valence-electron chi connectivity index (χ1n) is 7.95. The highest BCUT2D eigenvalue weighted by Crippen LogP contribution is 2.29. The Morgan fingerprint density at radius 2 is 1.72 bits per heavy atom. The molecule has 25 heavy (non-hydrogen) atoms. The lowest BCUT2D eigenvalue weighted by atomic mass is 10.1. The summed E-state index contributed by atoms with van der Waals surface area (Å²) < 4.78 is 51.3. The second-order valence-corrected chi connectivity index (χ2v) is 7.92. The molecular weight excluding hydrogens is 345 g/mol. The molecule has 0 bridgehead atoms. The Labute approximate surface area is 147 Å². The van der Waals surface area contributed by atoms with Gasteiger partial charge in [-0.15, -0.1) is 0 Å². The number of halogens is 1. The van der Waals surface area contributed by atoms with Gasteiger partial charge in [0.15, 0.2) is 0 Å². The Morgan fingerprint density at radius 3 is 2.32 bits per heavy atom. The van der Waals surface area contributed by atoms with Crippen molar-refractivity contribution in [3.05, 3.63) is 59.9 Å². The molecule has 1 aliphatic rings. The molecule has 2 unspecified atom stereocenters. The highest BCUT2D eigenvalue weighted by atomic mass is 32.2. The molecule has 134 valence electrons. The molecule has 5 nitrogen and oxygen atoms in total. The number of ether oxygens (including phenoxy) is 2. The molecule has 0 N–H and O–H groups in total. The van der Waals surface area contributed by atoms with Gasteiger partial charge in [0, 0.05) is 13.1 Å². The van der Waals surface area contributed by atoms with Gasteiger partial charge in [-0.2, -0.15) is 4.31 Å². The molecule has 1 saturated heterocycles. The van der Waals surface area contributed by atoms with E-state index in [0.29, 0.717) is 5.75 Å². The van der Waals surface area contributed by atoms with Gasteiger partial charge in [-0.25, -0.2) is 12.8 Å². The normalized spacial score (nSPS) is 21.9. The highest BCUT2D eigenvalue weighted by molar-refractivity contribution is 7.89. The van der Waals surface area contributed by atoms with Crippen molar-refractivity contribution < 1.29 is 22.3 Å². The van der Waals surface area contributed by atoms with Crippen molar-refractivity contribution in [2.24, 2.45) is 0 Å². The second-order valence-electron chi connectivity index (χ2n) is 5.98. The fraction of sp³-hybridized carbons (Fsp3) is 0.333. The summed E-state index contributed by atoms with van der Waals surface area (Å²) in [5, 5.41) is 0. The zero-order chi connectivity index (χ0) is 18.0. The van der Waals surface area contributed by atoms with Gasteiger partial charge in [0.05, 0.1) is 24.2 Å². The minimum atomic E-state index is -3.65. The highest BCUT2D eigenvalue weighted by Gasteiger charge is 2.34. The van der Waals surface area contributed by atoms with Gasteiger partial charge in [0.1, 0.15) is 11.6 Å². The van der Waals surface area contributed by atoms with Crippen LogP contribution in [0.3, 0.4) is 0 Å². The molecule has 2 atom stereocenters. The van der Waals surface area contributed by atoms with E-state index in [0.717, 1.165) is 5.56 Å². The molecule has 0 aliphatic carbocycles. The summed E-state index contributed by atoms with van der Waals surface area (Å²) in [6.07, 6.45) is -0.700. The molecule has 0 saturated carbocycles. The average molecular weight is 365 g/mol. The van der Waals surface area contributed by atoms with E-state index in [1.165, 1.54) is 35.7 Å². The van der Waals surface area contributed by atoms with E-state index in [9.17, 15) is 12.8 Å². The first-order chi connectivity index (χ1) is 11.9. The van der Waals surface area contributed by atoms with Gasteiger partial charge < -0.3 is 9.47 Å². The lowest BCUT2D eigenvalue weighted by Gasteiger charge is -2.36. The Morgan fingerprint density at radius 1 is 1.08 bits per heavy atom. The fourth-order valence-corrected chi connectivity index (χ4v) is 4.38. The zero-order valence-electron chi connectivity index (χ0n) is 14.1. The molecule has 0 spiro atoms. The Kier molecular flexibility index (Phi) is 5.08. The quantitative estimate of drug-likeness (QED) is 0.836. The standard InChI is InChI=1S/C18H20FNO4S/c1-13-11-20(12-18(24-13)14-3-5-15(19)6-4-14)25(21,22)17-9-7-16(23-2)8-10-17/h3-10,13,18H,11-12H2,1-2H3. The van der Waals surface area contributed by atoms with Crippen LogP contribution in [0.25, 0.3) is 0 Å². The first-order valence-corrected chi connectivity index (χ1v) is 9.39. The third-order valence-corrected chi connectivity index (χ3v) is 6.01. The minimum Gasteiger partial charge on any atom is -0.497 e. The van der Waals surface area contributed by atoms with Gasteiger partial charge in [0.25, 0.3) is 0 Å². The van der Waals surface area contributed by atoms with Crippen molar-refractivity contribution in [3.63, 3.8) is 0 Å². The van der Waals surface area contributed by atoms with Crippen molar-refractivity contribution in [1.82, 2.24) is 4.31 Å². The maximum Gasteiger partial charge on any atom is 0.243 e. The third-order valence-electron chi connectivity index (χ3n) is 4.17. The number of methoxy groups -OCH3 is 1. The summed E-state index contributed by atoms with van der Waals surface area (Å²) in [7, 11) is -2.12. The van der Waals surface area contributed by atoms with Crippen LogP contribution in [0.15, 0.2) is 53.4 Å². The van der Waals surface area contributed by atoms with E-state index >= 15 is 0 Å². The Balaban J connectivity index is 1.85. The summed E-state index contributed by atoms with van der Waals surface area (Å²) in [6, 6.07) is 12.2. The summed E-state index contributed by atoms with van der Waals surface area (Å²) in [6.45, 7) is 2.28. The largest absolute Gasteiger partial charge is 0.497 e. The maximum atomic E-state index is 13.1. The van der Waals surface area contributed by atoms with Crippen molar-refractivity contribution in [1.29, 1.82) is 0 Å². The van der Waals surface area contributed by atoms with E-state index in [4.69, 9.17) is 9.47 Å². The van der Waals surface area contributed by atoms with Gasteiger partial charge in [0.2, 0.25) is 10.0 Å². The molecule has 1 heterocycles. The molecule has 0 aromatic heterocycles. The summed E-state index contributed by atoms with van der Waals surface area (Å²) in [5.74, 6) is 0.258. The molecule has 7 heteroatoms. The summed E-state index contributed by atoms with van der Waals surface area (Å²) >= 11 is 0. The van der Waals surface area contributed by atoms with E-state index < -0.39 is 16.1 Å². The van der Waals surface area contributed by atoms with Crippen molar-refractivity contribution in [2.75, 3.05) is 20.2 Å². The predicted octanol–water partition coefficient (Wildman–Crippen LogP) is 2.99. The SMILES string of the molecule is COc1ccc(S(=O)(=O)N2CC(C)OC(c3ccc(F)cc3)C2)cc1. The number of benzene rings is 2. The van der Waals surface area contributed by atoms with Crippen LogP contribution < -0.4 is 4.74 Å². The summed E-state index contributed by atoms with van der Waals surface area (Å²) in [5.41, 5.74) is 0.753. The molecule has 1 fully saturated rings. The Hall–Kier alpha value is -1.96. The van der Waals surface area contributed by atoms with Crippen molar-refractivity contribution in [3.8, 4) is 5.75 Å². The van der Waals surface area contributed by atoms with Crippen LogP contribution >= 0.6 is 0 Å². The van der Waals surface area contributed by atoms with Crippen LogP contribution in [-0.4, -0.2) is 39.0 Å². The number of hydrogen-bond donors (Lipinski definition) is 0. The van der Waals surface area contributed by atoms with E-state index in [1.807, 2.05) is 6.92 Å². The lowest BCUT2D eigenvalue weighted by molar-refractivity contribution is -0.0557. The minimum absolute atomic E-state index is 0.185. The molecule has 1 aliphatic heterocycles. The predicted molar refractivity (Wildman–Crippen MR) is 91.4 cm³/mol.